The molecule has 0 bridgehead atoms. The van der Waals surface area contributed by atoms with Crippen molar-refractivity contribution in [2.45, 2.75) is 4.90 Å². The highest BCUT2D eigenvalue weighted by molar-refractivity contribution is 9.10. The van der Waals surface area contributed by atoms with Gasteiger partial charge in [0.1, 0.15) is 5.76 Å². The third kappa shape index (κ3) is 1.97. The number of benzene rings is 1. The Labute approximate surface area is 106 Å². The van der Waals surface area contributed by atoms with Gasteiger partial charge in [0, 0.05) is 20.7 Å². The second-order valence-corrected chi connectivity index (χ2v) is 5.11. The molecule has 5 heteroatoms. The first-order valence-corrected chi connectivity index (χ1v) is 6.35. The molecule has 1 N–H and O–H groups in total. The molecule has 0 saturated heterocycles. The molecule has 84 valence electrons. The van der Waals surface area contributed by atoms with E-state index in [-0.39, 0.29) is 5.76 Å². The zero-order chi connectivity index (χ0) is 11.7. The van der Waals surface area contributed by atoms with Crippen LogP contribution in [0, 0.1) is 0 Å². The summed E-state index contributed by atoms with van der Waals surface area (Å²) in [5, 5.41) is 9.74. The molecule has 3 nitrogen and oxygen atoms in total. The highest BCUT2D eigenvalue weighted by atomic mass is 79.9. The molecular weight excluding hydrogens is 292 g/mol. The molecule has 0 unspecified atom stereocenters. The summed E-state index contributed by atoms with van der Waals surface area (Å²) in [4.78, 5) is 12.4. The number of hydrogen-bond donors (Lipinski definition) is 1. The molecule has 16 heavy (non-hydrogen) atoms. The maximum Gasteiger partial charge on any atom is 0.337 e. The number of aliphatic hydroxyl groups is 1. The van der Waals surface area contributed by atoms with Crippen LogP contribution < -0.4 is 0 Å². The lowest BCUT2D eigenvalue weighted by atomic mass is 10.1. The predicted octanol–water partition coefficient (Wildman–Crippen LogP) is 3.24. The molecule has 1 heterocycles. The van der Waals surface area contributed by atoms with Crippen molar-refractivity contribution in [2.24, 2.45) is 0 Å². The zero-order valence-corrected chi connectivity index (χ0v) is 10.9. The quantitative estimate of drug-likeness (QED) is 0.809. The summed E-state index contributed by atoms with van der Waals surface area (Å²) in [6.45, 7) is 0. The van der Waals surface area contributed by atoms with Crippen LogP contribution in [0.4, 0.5) is 0 Å². The Morgan fingerprint density at radius 3 is 3.00 bits per heavy atom. The van der Waals surface area contributed by atoms with Crippen molar-refractivity contribution in [3.05, 3.63) is 33.8 Å². The van der Waals surface area contributed by atoms with E-state index in [1.807, 2.05) is 0 Å². The fourth-order valence-corrected chi connectivity index (χ4v) is 3.21. The number of aliphatic hydroxyl groups excluding tert-OH is 1. The minimum Gasteiger partial charge on any atom is -0.508 e. The summed E-state index contributed by atoms with van der Waals surface area (Å²) in [5.74, 6) is 0.529. The van der Waals surface area contributed by atoms with E-state index in [4.69, 9.17) is 0 Å². The van der Waals surface area contributed by atoms with Crippen LogP contribution in [-0.4, -0.2) is 23.9 Å². The molecule has 0 atom stereocenters. The lowest BCUT2D eigenvalue weighted by Crippen LogP contribution is -2.04. The number of carbonyl (C=O) groups is 1. The molecular formula is C11H9BrO3S. The maximum atomic E-state index is 11.4. The van der Waals surface area contributed by atoms with Crippen molar-refractivity contribution in [2.75, 3.05) is 12.9 Å². The SMILES string of the molecule is COC(=O)c1cc(Br)c2c(c1)C(O)=CCS2. The summed E-state index contributed by atoms with van der Waals surface area (Å²) >= 11 is 5.00. The molecule has 0 aromatic heterocycles. The number of esters is 1. The Kier molecular flexibility index (Phi) is 3.25. The first-order valence-electron chi connectivity index (χ1n) is 4.57. The van der Waals surface area contributed by atoms with Gasteiger partial charge in [-0.15, -0.1) is 11.8 Å². The van der Waals surface area contributed by atoms with Crippen LogP contribution in [0.2, 0.25) is 0 Å². The normalized spacial score (nSPS) is 14.0. The fourth-order valence-electron chi connectivity index (χ4n) is 1.48. The molecule has 0 aliphatic carbocycles. The Morgan fingerprint density at radius 2 is 2.31 bits per heavy atom. The highest BCUT2D eigenvalue weighted by Gasteiger charge is 2.19. The monoisotopic (exact) mass is 300 g/mol. The summed E-state index contributed by atoms with van der Waals surface area (Å²) in [5.41, 5.74) is 1.10. The standard InChI is InChI=1S/C11H9BrO3S/c1-15-11(14)6-4-7-9(13)2-3-16-10(7)8(12)5-6/h2,4-5,13H,3H2,1H3. The van der Waals surface area contributed by atoms with Gasteiger partial charge in [-0.1, -0.05) is 0 Å². The van der Waals surface area contributed by atoms with E-state index in [2.05, 4.69) is 20.7 Å². The number of methoxy groups -OCH3 is 1. The predicted molar refractivity (Wildman–Crippen MR) is 66.8 cm³/mol. The number of thioether (sulfide) groups is 1. The number of hydrogen-bond acceptors (Lipinski definition) is 4. The Morgan fingerprint density at radius 1 is 1.56 bits per heavy atom. The highest BCUT2D eigenvalue weighted by Crippen LogP contribution is 2.38. The van der Waals surface area contributed by atoms with Crippen molar-refractivity contribution >= 4 is 39.4 Å². The number of rotatable bonds is 1. The number of halogens is 1. The Hall–Kier alpha value is -0.940. The van der Waals surface area contributed by atoms with E-state index in [0.29, 0.717) is 11.1 Å². The van der Waals surface area contributed by atoms with Gasteiger partial charge < -0.3 is 9.84 Å². The number of carbonyl (C=O) groups excluding carboxylic acids is 1. The van der Waals surface area contributed by atoms with E-state index in [1.54, 1.807) is 30.0 Å². The molecule has 0 fully saturated rings. The Balaban J connectivity index is 2.57. The van der Waals surface area contributed by atoms with Gasteiger partial charge in [-0.2, -0.15) is 0 Å². The van der Waals surface area contributed by atoms with Crippen LogP contribution >= 0.6 is 27.7 Å². The molecule has 1 aliphatic heterocycles. The summed E-state index contributed by atoms with van der Waals surface area (Å²) in [6.07, 6.45) is 1.72. The van der Waals surface area contributed by atoms with Crippen LogP contribution in [0.5, 0.6) is 0 Å². The molecule has 0 saturated carbocycles. The van der Waals surface area contributed by atoms with Gasteiger partial charge in [-0.25, -0.2) is 4.79 Å². The van der Waals surface area contributed by atoms with Gasteiger partial charge in [0.05, 0.1) is 12.7 Å². The van der Waals surface area contributed by atoms with Crippen molar-refractivity contribution in [1.82, 2.24) is 0 Å². The van der Waals surface area contributed by atoms with E-state index in [1.165, 1.54) is 7.11 Å². The topological polar surface area (TPSA) is 46.5 Å². The van der Waals surface area contributed by atoms with Gasteiger partial charge >= 0.3 is 5.97 Å². The van der Waals surface area contributed by atoms with Gasteiger partial charge in [0.2, 0.25) is 0 Å². The maximum absolute atomic E-state index is 11.4. The summed E-state index contributed by atoms with van der Waals surface area (Å²) < 4.78 is 5.45. The molecule has 1 aromatic carbocycles. The molecule has 0 spiro atoms. The number of ether oxygens (including phenoxy) is 1. The third-order valence-corrected chi connectivity index (χ3v) is 4.19. The van der Waals surface area contributed by atoms with Gasteiger partial charge in [0.15, 0.2) is 0 Å². The van der Waals surface area contributed by atoms with Crippen LogP contribution in [0.25, 0.3) is 5.76 Å². The molecule has 0 amide bonds. The zero-order valence-electron chi connectivity index (χ0n) is 8.49. The van der Waals surface area contributed by atoms with Gasteiger partial charge in [-0.05, 0) is 34.1 Å². The minimum atomic E-state index is -0.410. The lowest BCUT2D eigenvalue weighted by molar-refractivity contribution is 0.0600. The largest absolute Gasteiger partial charge is 0.508 e. The van der Waals surface area contributed by atoms with E-state index in [9.17, 15) is 9.90 Å². The average molecular weight is 301 g/mol. The van der Waals surface area contributed by atoms with Crippen molar-refractivity contribution in [1.29, 1.82) is 0 Å². The van der Waals surface area contributed by atoms with E-state index < -0.39 is 5.97 Å². The fraction of sp³-hybridized carbons (Fsp3) is 0.182. The number of fused-ring (bicyclic) bond motifs is 1. The molecule has 1 aromatic rings. The van der Waals surface area contributed by atoms with Crippen LogP contribution in [0.3, 0.4) is 0 Å². The minimum absolute atomic E-state index is 0.209. The first kappa shape index (κ1) is 11.5. The first-order chi connectivity index (χ1) is 7.63. The van der Waals surface area contributed by atoms with Crippen molar-refractivity contribution < 1.29 is 14.6 Å². The summed E-state index contributed by atoms with van der Waals surface area (Å²) in [7, 11) is 1.33. The summed E-state index contributed by atoms with van der Waals surface area (Å²) in [6, 6.07) is 3.35. The van der Waals surface area contributed by atoms with E-state index in [0.717, 1.165) is 15.1 Å². The van der Waals surface area contributed by atoms with Crippen molar-refractivity contribution in [3.63, 3.8) is 0 Å². The van der Waals surface area contributed by atoms with E-state index >= 15 is 0 Å². The lowest BCUT2D eigenvalue weighted by Gasteiger charge is -2.15. The van der Waals surface area contributed by atoms with Crippen molar-refractivity contribution in [3.8, 4) is 0 Å². The smallest absolute Gasteiger partial charge is 0.337 e. The van der Waals surface area contributed by atoms with Crippen LogP contribution in [0.15, 0.2) is 27.6 Å². The Bertz CT molecular complexity index is 482. The van der Waals surface area contributed by atoms with Gasteiger partial charge in [0.25, 0.3) is 0 Å². The molecule has 0 radical (unpaired) electrons. The second-order valence-electron chi connectivity index (χ2n) is 3.23. The van der Waals surface area contributed by atoms with Crippen LogP contribution in [-0.2, 0) is 4.74 Å². The van der Waals surface area contributed by atoms with Crippen LogP contribution in [0.1, 0.15) is 15.9 Å². The second kappa shape index (κ2) is 4.51. The van der Waals surface area contributed by atoms with Gasteiger partial charge in [-0.3, -0.25) is 0 Å². The third-order valence-electron chi connectivity index (χ3n) is 2.25. The molecule has 2 rings (SSSR count). The molecule has 1 aliphatic rings. The average Bonchev–Trinajstić information content (AvgIpc) is 2.29.